The summed E-state index contributed by atoms with van der Waals surface area (Å²) in [6, 6.07) is 6.15. The lowest BCUT2D eigenvalue weighted by atomic mass is 9.91. The number of aliphatic imine (C=N–C) groups is 1. The van der Waals surface area contributed by atoms with Gasteiger partial charge in [0.15, 0.2) is 5.92 Å². The molecule has 1 fully saturated rings. The first kappa shape index (κ1) is 21.9. The van der Waals surface area contributed by atoms with E-state index in [0.29, 0.717) is 49.3 Å². The lowest BCUT2D eigenvalue weighted by Gasteiger charge is -2.38. The van der Waals surface area contributed by atoms with Gasteiger partial charge in [0, 0.05) is 31.2 Å². The minimum absolute atomic E-state index is 0.169. The fourth-order valence-corrected chi connectivity index (χ4v) is 3.57. The highest BCUT2D eigenvalue weighted by atomic mass is 35.5. The summed E-state index contributed by atoms with van der Waals surface area (Å²) < 4.78 is 10.1. The Morgan fingerprint density at radius 3 is 2.33 bits per heavy atom. The maximum atomic E-state index is 12.8. The summed E-state index contributed by atoms with van der Waals surface area (Å²) in [6.07, 6.45) is -0.354. The molecule has 3 rings (SSSR count). The zero-order valence-electron chi connectivity index (χ0n) is 17.0. The van der Waals surface area contributed by atoms with Crippen molar-refractivity contribution in [3.05, 3.63) is 34.9 Å². The number of piperazine rings is 1. The van der Waals surface area contributed by atoms with E-state index >= 15 is 0 Å². The standard InChI is InChI=1S/C20H25ClN4O5/c1-3-29-18(27)15-16(13-5-7-14(21)8-6-13)22-19(23-17(15)26)24-9-11-25(12-10-24)20(28)30-4-2/h5-8,15-16H,3-4,9-12H2,1-2H3,(H,22,23,26)/t15-,16-/m1/s1. The van der Waals surface area contributed by atoms with Crippen LogP contribution in [-0.4, -0.2) is 73.1 Å². The Balaban J connectivity index is 1.82. The smallest absolute Gasteiger partial charge is 0.409 e. The summed E-state index contributed by atoms with van der Waals surface area (Å²) in [4.78, 5) is 45.4. The molecule has 9 nitrogen and oxygen atoms in total. The zero-order valence-corrected chi connectivity index (χ0v) is 17.7. The highest BCUT2D eigenvalue weighted by Gasteiger charge is 2.42. The first-order valence-corrected chi connectivity index (χ1v) is 10.3. The minimum atomic E-state index is -1.09. The number of amides is 2. The first-order chi connectivity index (χ1) is 14.4. The summed E-state index contributed by atoms with van der Waals surface area (Å²) in [7, 11) is 0. The molecule has 1 N–H and O–H groups in total. The molecule has 0 saturated carbocycles. The van der Waals surface area contributed by atoms with Gasteiger partial charge in [-0.1, -0.05) is 23.7 Å². The van der Waals surface area contributed by atoms with Gasteiger partial charge in [0.1, 0.15) is 6.04 Å². The van der Waals surface area contributed by atoms with Gasteiger partial charge in [-0.2, -0.15) is 0 Å². The van der Waals surface area contributed by atoms with Gasteiger partial charge in [-0.25, -0.2) is 9.79 Å². The molecule has 0 aliphatic carbocycles. The van der Waals surface area contributed by atoms with E-state index < -0.39 is 23.8 Å². The summed E-state index contributed by atoms with van der Waals surface area (Å²) >= 11 is 5.98. The fraction of sp³-hybridized carbons (Fsp3) is 0.500. The second kappa shape index (κ2) is 9.80. The predicted molar refractivity (Wildman–Crippen MR) is 110 cm³/mol. The molecule has 1 aromatic carbocycles. The molecule has 2 aliphatic heterocycles. The lowest BCUT2D eigenvalue weighted by Crippen LogP contribution is -2.58. The van der Waals surface area contributed by atoms with E-state index in [1.807, 2.05) is 4.90 Å². The molecule has 0 bridgehead atoms. The number of benzene rings is 1. The summed E-state index contributed by atoms with van der Waals surface area (Å²) in [5.74, 6) is -1.80. The SMILES string of the molecule is CCOC(=O)[C@H]1C(=O)NC(N2CCN(C(=O)OCC)CC2)=N[C@@H]1c1ccc(Cl)cc1. The van der Waals surface area contributed by atoms with Crippen LogP contribution in [0.25, 0.3) is 0 Å². The van der Waals surface area contributed by atoms with Crippen LogP contribution in [0, 0.1) is 5.92 Å². The molecule has 2 atom stereocenters. The number of carbonyl (C=O) groups excluding carboxylic acids is 3. The average Bonchev–Trinajstić information content (AvgIpc) is 2.74. The maximum absolute atomic E-state index is 12.8. The van der Waals surface area contributed by atoms with E-state index in [1.54, 1.807) is 43.0 Å². The van der Waals surface area contributed by atoms with Crippen LogP contribution in [0.3, 0.4) is 0 Å². The minimum Gasteiger partial charge on any atom is -0.465 e. The molecule has 2 heterocycles. The van der Waals surface area contributed by atoms with Crippen LogP contribution >= 0.6 is 11.6 Å². The van der Waals surface area contributed by atoms with E-state index in [-0.39, 0.29) is 12.7 Å². The van der Waals surface area contributed by atoms with Crippen LogP contribution < -0.4 is 5.32 Å². The van der Waals surface area contributed by atoms with Crippen LogP contribution in [0.5, 0.6) is 0 Å². The fourth-order valence-electron chi connectivity index (χ4n) is 3.44. The van der Waals surface area contributed by atoms with Gasteiger partial charge in [0.2, 0.25) is 11.9 Å². The van der Waals surface area contributed by atoms with Gasteiger partial charge in [-0.3, -0.25) is 14.9 Å². The largest absolute Gasteiger partial charge is 0.465 e. The highest BCUT2D eigenvalue weighted by molar-refractivity contribution is 6.30. The number of nitrogens with zero attached hydrogens (tertiary/aromatic N) is 3. The van der Waals surface area contributed by atoms with Crippen molar-refractivity contribution in [2.75, 3.05) is 39.4 Å². The third-order valence-corrected chi connectivity index (χ3v) is 5.20. The van der Waals surface area contributed by atoms with Crippen molar-refractivity contribution in [1.29, 1.82) is 0 Å². The van der Waals surface area contributed by atoms with E-state index in [9.17, 15) is 14.4 Å². The third kappa shape index (κ3) is 4.84. The number of esters is 1. The number of hydrogen-bond acceptors (Lipinski definition) is 7. The van der Waals surface area contributed by atoms with Crippen LogP contribution in [0.4, 0.5) is 4.79 Å². The maximum Gasteiger partial charge on any atom is 0.409 e. The van der Waals surface area contributed by atoms with Crippen LogP contribution in [-0.2, 0) is 19.1 Å². The van der Waals surface area contributed by atoms with Gasteiger partial charge in [0.05, 0.1) is 13.2 Å². The highest BCUT2D eigenvalue weighted by Crippen LogP contribution is 2.31. The quantitative estimate of drug-likeness (QED) is 0.570. The van der Waals surface area contributed by atoms with Crippen molar-refractivity contribution >= 4 is 35.5 Å². The van der Waals surface area contributed by atoms with Gasteiger partial charge >= 0.3 is 12.1 Å². The molecule has 0 aromatic heterocycles. The molecule has 2 amide bonds. The molecule has 0 radical (unpaired) electrons. The van der Waals surface area contributed by atoms with E-state index in [4.69, 9.17) is 21.1 Å². The van der Waals surface area contributed by atoms with Crippen molar-refractivity contribution in [3.63, 3.8) is 0 Å². The Hall–Kier alpha value is -2.81. The topological polar surface area (TPSA) is 101 Å². The summed E-state index contributed by atoms with van der Waals surface area (Å²) in [6.45, 7) is 5.79. The third-order valence-electron chi connectivity index (χ3n) is 4.95. The van der Waals surface area contributed by atoms with E-state index in [2.05, 4.69) is 10.3 Å². The first-order valence-electron chi connectivity index (χ1n) is 9.92. The Labute approximate surface area is 180 Å². The number of hydrogen-bond donors (Lipinski definition) is 1. The molecule has 10 heteroatoms. The molecular formula is C20H25ClN4O5. The average molecular weight is 437 g/mol. The van der Waals surface area contributed by atoms with Crippen LogP contribution in [0.2, 0.25) is 5.02 Å². The van der Waals surface area contributed by atoms with Crippen molar-refractivity contribution in [1.82, 2.24) is 15.1 Å². The lowest BCUT2D eigenvalue weighted by molar-refractivity contribution is -0.153. The van der Waals surface area contributed by atoms with Crippen LogP contribution in [0.1, 0.15) is 25.5 Å². The van der Waals surface area contributed by atoms with Gasteiger partial charge in [0.25, 0.3) is 0 Å². The number of carbonyl (C=O) groups is 3. The van der Waals surface area contributed by atoms with Crippen molar-refractivity contribution < 1.29 is 23.9 Å². The van der Waals surface area contributed by atoms with Crippen molar-refractivity contribution in [2.24, 2.45) is 10.9 Å². The van der Waals surface area contributed by atoms with E-state index in [0.717, 1.165) is 0 Å². The van der Waals surface area contributed by atoms with Gasteiger partial charge in [-0.05, 0) is 31.5 Å². The Morgan fingerprint density at radius 1 is 1.10 bits per heavy atom. The molecule has 0 spiro atoms. The van der Waals surface area contributed by atoms with Crippen molar-refractivity contribution in [3.8, 4) is 0 Å². The predicted octanol–water partition coefficient (Wildman–Crippen LogP) is 1.82. The summed E-state index contributed by atoms with van der Waals surface area (Å²) in [5, 5.41) is 3.28. The van der Waals surface area contributed by atoms with Gasteiger partial charge < -0.3 is 19.3 Å². The Bertz CT molecular complexity index is 821. The molecule has 0 unspecified atom stereocenters. The van der Waals surface area contributed by atoms with E-state index in [1.165, 1.54) is 0 Å². The second-order valence-corrected chi connectivity index (χ2v) is 7.28. The number of guanidine groups is 1. The number of ether oxygens (including phenoxy) is 2. The van der Waals surface area contributed by atoms with Crippen LogP contribution in [0.15, 0.2) is 29.3 Å². The Morgan fingerprint density at radius 2 is 1.73 bits per heavy atom. The molecule has 162 valence electrons. The molecule has 2 aliphatic rings. The molecular weight excluding hydrogens is 412 g/mol. The number of halogens is 1. The Kier molecular flexibility index (Phi) is 7.15. The van der Waals surface area contributed by atoms with Gasteiger partial charge in [-0.15, -0.1) is 0 Å². The number of nitrogens with one attached hydrogen (secondary N) is 1. The molecule has 1 aromatic rings. The summed E-state index contributed by atoms with van der Waals surface area (Å²) in [5.41, 5.74) is 0.690. The number of rotatable bonds is 4. The normalized spacial score (nSPS) is 21.6. The monoisotopic (exact) mass is 436 g/mol. The molecule has 30 heavy (non-hydrogen) atoms. The zero-order chi connectivity index (χ0) is 21.7. The second-order valence-electron chi connectivity index (χ2n) is 6.84. The van der Waals surface area contributed by atoms with Crippen molar-refractivity contribution in [2.45, 2.75) is 19.9 Å². The molecule has 1 saturated heterocycles.